The zero-order valence-corrected chi connectivity index (χ0v) is 19.3. The molecular weight excluding hydrogens is 436 g/mol. The van der Waals surface area contributed by atoms with E-state index in [-0.39, 0.29) is 17.5 Å². The molecule has 0 unspecified atom stereocenters. The zero-order chi connectivity index (χ0) is 23.7. The summed E-state index contributed by atoms with van der Waals surface area (Å²) in [7, 11) is 1.99. The summed E-state index contributed by atoms with van der Waals surface area (Å²) in [4.78, 5) is 20.2. The molecule has 0 bridgehead atoms. The molecule has 5 nitrogen and oxygen atoms in total. The summed E-state index contributed by atoms with van der Waals surface area (Å²) in [5.74, 6) is 1.08. The van der Waals surface area contributed by atoms with Crippen LogP contribution >= 0.6 is 0 Å². The van der Waals surface area contributed by atoms with E-state index in [0.717, 1.165) is 78.6 Å². The van der Waals surface area contributed by atoms with Crippen LogP contribution in [0.25, 0.3) is 22.0 Å². The van der Waals surface area contributed by atoms with Crippen molar-refractivity contribution in [3.8, 4) is 16.9 Å². The third kappa shape index (κ3) is 4.75. The summed E-state index contributed by atoms with van der Waals surface area (Å²) < 4.78 is 29.5. The van der Waals surface area contributed by atoms with E-state index in [9.17, 15) is 13.6 Å². The first kappa shape index (κ1) is 22.7. The lowest BCUT2D eigenvalue weighted by molar-refractivity contribution is -0.0498. The van der Waals surface area contributed by atoms with Crippen LogP contribution in [0, 0.1) is 11.8 Å². The molecule has 7 heteroatoms. The van der Waals surface area contributed by atoms with Gasteiger partial charge in [0.2, 0.25) is 0 Å². The minimum atomic E-state index is -2.85. The Bertz CT molecular complexity index is 1170. The van der Waals surface area contributed by atoms with Gasteiger partial charge in [-0.1, -0.05) is 18.2 Å². The number of carbonyl (C=O) groups is 1. The third-order valence-electron chi connectivity index (χ3n) is 6.89. The van der Waals surface area contributed by atoms with Crippen LogP contribution in [0.5, 0.6) is 5.75 Å². The molecule has 1 N–H and O–H groups in total. The maximum Gasteiger partial charge on any atom is 0.387 e. The Kier molecular flexibility index (Phi) is 6.46. The number of piperidine rings is 1. The Morgan fingerprint density at radius 1 is 1.09 bits per heavy atom. The summed E-state index contributed by atoms with van der Waals surface area (Å²) in [5, 5.41) is 4.24. The molecule has 5 rings (SSSR count). The number of ether oxygens (including phenoxy) is 1. The molecule has 2 heterocycles. The van der Waals surface area contributed by atoms with Crippen molar-refractivity contribution in [1.29, 1.82) is 0 Å². The minimum Gasteiger partial charge on any atom is -0.435 e. The van der Waals surface area contributed by atoms with Gasteiger partial charge in [0.1, 0.15) is 5.75 Å². The van der Waals surface area contributed by atoms with E-state index in [4.69, 9.17) is 0 Å². The van der Waals surface area contributed by atoms with Crippen molar-refractivity contribution in [3.63, 3.8) is 0 Å². The van der Waals surface area contributed by atoms with Crippen LogP contribution < -0.4 is 15.0 Å². The molecule has 0 atom stereocenters. The molecule has 3 aromatic rings. The number of halogens is 2. The van der Waals surface area contributed by atoms with Gasteiger partial charge in [0.25, 0.3) is 0 Å². The lowest BCUT2D eigenvalue weighted by Gasteiger charge is -2.35. The quantitative estimate of drug-likeness (QED) is 0.443. The lowest BCUT2D eigenvalue weighted by Crippen LogP contribution is -2.37. The molecule has 1 saturated heterocycles. The number of rotatable bonds is 8. The van der Waals surface area contributed by atoms with Crippen molar-refractivity contribution < 1.29 is 18.3 Å². The number of fused-ring (bicyclic) bond motifs is 1. The Morgan fingerprint density at radius 3 is 2.44 bits per heavy atom. The SMILES string of the molecule is CNCC1CCN(c2c(C(=O)C3CC3)cnc3ccc(-c4ccc(OC(F)F)cc4)cc23)CC1. The van der Waals surface area contributed by atoms with Crippen molar-refractivity contribution in [1.82, 2.24) is 10.3 Å². The fourth-order valence-corrected chi connectivity index (χ4v) is 4.92. The van der Waals surface area contributed by atoms with Gasteiger partial charge in [0.15, 0.2) is 5.78 Å². The number of alkyl halides is 2. The van der Waals surface area contributed by atoms with Crippen molar-refractivity contribution in [2.24, 2.45) is 11.8 Å². The average molecular weight is 466 g/mol. The number of nitrogens with zero attached hydrogens (tertiary/aromatic N) is 2. The second-order valence-electron chi connectivity index (χ2n) is 9.28. The maximum absolute atomic E-state index is 13.2. The number of nitrogens with one attached hydrogen (secondary N) is 1. The first-order valence-corrected chi connectivity index (χ1v) is 11.9. The summed E-state index contributed by atoms with van der Waals surface area (Å²) in [6.07, 6.45) is 5.81. The highest BCUT2D eigenvalue weighted by molar-refractivity contribution is 6.10. The fraction of sp³-hybridized carbons (Fsp3) is 0.407. The number of Topliss-reactive ketones (excluding diaryl/α,β-unsaturated/α-hetero) is 1. The van der Waals surface area contributed by atoms with E-state index < -0.39 is 6.61 Å². The van der Waals surface area contributed by atoms with E-state index >= 15 is 0 Å². The summed E-state index contributed by atoms with van der Waals surface area (Å²) in [5.41, 5.74) is 4.40. The van der Waals surface area contributed by atoms with E-state index in [2.05, 4.69) is 26.0 Å². The molecule has 1 aliphatic carbocycles. The molecule has 1 saturated carbocycles. The van der Waals surface area contributed by atoms with Crippen LogP contribution in [0.2, 0.25) is 0 Å². The van der Waals surface area contributed by atoms with Gasteiger partial charge in [0, 0.05) is 30.6 Å². The van der Waals surface area contributed by atoms with Gasteiger partial charge in [-0.15, -0.1) is 0 Å². The van der Waals surface area contributed by atoms with E-state index in [1.165, 1.54) is 0 Å². The van der Waals surface area contributed by atoms with Crippen LogP contribution in [0.4, 0.5) is 14.5 Å². The summed E-state index contributed by atoms with van der Waals surface area (Å²) >= 11 is 0. The standard InChI is InChI=1S/C27H29F2N3O2/c1-30-15-17-10-12-32(13-11-17)25-22-14-20(18-4-7-21(8-5-18)34-27(28)29)6-9-24(22)31-16-23(25)26(33)19-2-3-19/h4-9,14,16-17,19,27,30H,2-3,10-13,15H2,1H3. The van der Waals surface area contributed by atoms with Crippen LogP contribution in [0.3, 0.4) is 0 Å². The third-order valence-corrected chi connectivity index (χ3v) is 6.89. The van der Waals surface area contributed by atoms with Gasteiger partial charge in [0.05, 0.1) is 16.8 Å². The highest BCUT2D eigenvalue weighted by atomic mass is 19.3. The molecule has 1 aliphatic heterocycles. The summed E-state index contributed by atoms with van der Waals surface area (Å²) in [6.45, 7) is -0.0331. The number of pyridine rings is 1. The molecule has 1 aromatic heterocycles. The van der Waals surface area contributed by atoms with Gasteiger partial charge >= 0.3 is 6.61 Å². The number of carbonyl (C=O) groups excluding carboxylic acids is 1. The van der Waals surface area contributed by atoms with E-state index in [1.807, 2.05) is 19.2 Å². The molecule has 0 amide bonds. The monoisotopic (exact) mass is 465 g/mol. The molecule has 0 radical (unpaired) electrons. The van der Waals surface area contributed by atoms with Crippen LogP contribution in [0.15, 0.2) is 48.7 Å². The first-order valence-electron chi connectivity index (χ1n) is 11.9. The van der Waals surface area contributed by atoms with Gasteiger partial charge in [-0.3, -0.25) is 9.78 Å². The van der Waals surface area contributed by atoms with Gasteiger partial charge in [-0.05, 0) is 80.6 Å². The second-order valence-corrected chi connectivity index (χ2v) is 9.28. The largest absolute Gasteiger partial charge is 0.435 e. The minimum absolute atomic E-state index is 0.116. The number of hydrogen-bond acceptors (Lipinski definition) is 5. The highest BCUT2D eigenvalue weighted by Gasteiger charge is 2.34. The summed E-state index contributed by atoms with van der Waals surface area (Å²) in [6, 6.07) is 12.7. The zero-order valence-electron chi connectivity index (χ0n) is 19.3. The van der Waals surface area contributed by atoms with Crippen molar-refractivity contribution in [2.75, 3.05) is 31.6 Å². The van der Waals surface area contributed by atoms with Crippen molar-refractivity contribution in [3.05, 3.63) is 54.2 Å². The lowest BCUT2D eigenvalue weighted by atomic mass is 9.93. The van der Waals surface area contributed by atoms with E-state index in [1.54, 1.807) is 30.5 Å². The second kappa shape index (κ2) is 9.66. The van der Waals surface area contributed by atoms with Crippen LogP contribution in [-0.4, -0.2) is 44.1 Å². The number of anilines is 1. The van der Waals surface area contributed by atoms with E-state index in [0.29, 0.717) is 5.92 Å². The predicted octanol–water partition coefficient (Wildman–Crippen LogP) is 5.53. The average Bonchev–Trinajstić information content (AvgIpc) is 3.69. The molecule has 0 spiro atoms. The first-order chi connectivity index (χ1) is 16.5. The van der Waals surface area contributed by atoms with Crippen molar-refractivity contribution >= 4 is 22.4 Å². The van der Waals surface area contributed by atoms with Gasteiger partial charge < -0.3 is 15.0 Å². The van der Waals surface area contributed by atoms with Crippen LogP contribution in [0.1, 0.15) is 36.0 Å². The van der Waals surface area contributed by atoms with Crippen LogP contribution in [-0.2, 0) is 0 Å². The molecule has 34 heavy (non-hydrogen) atoms. The normalized spacial score (nSPS) is 16.9. The Morgan fingerprint density at radius 2 is 1.79 bits per heavy atom. The fourth-order valence-electron chi connectivity index (χ4n) is 4.92. The number of ketones is 1. The Hall–Kier alpha value is -3.06. The molecule has 2 aliphatic rings. The van der Waals surface area contributed by atoms with Crippen molar-refractivity contribution in [2.45, 2.75) is 32.3 Å². The molecule has 178 valence electrons. The number of aromatic nitrogens is 1. The van der Waals surface area contributed by atoms with Gasteiger partial charge in [-0.25, -0.2) is 0 Å². The predicted molar refractivity (Wildman–Crippen MR) is 130 cm³/mol. The smallest absolute Gasteiger partial charge is 0.387 e. The maximum atomic E-state index is 13.2. The number of hydrogen-bond donors (Lipinski definition) is 1. The van der Waals surface area contributed by atoms with Gasteiger partial charge in [-0.2, -0.15) is 8.78 Å². The Balaban J connectivity index is 1.54. The molecule has 2 fully saturated rings. The molecular formula is C27H29F2N3O2. The molecule has 2 aromatic carbocycles. The highest BCUT2D eigenvalue weighted by Crippen LogP contribution is 2.40. The number of benzene rings is 2. The topological polar surface area (TPSA) is 54.5 Å². The Labute approximate surface area is 198 Å².